The third kappa shape index (κ3) is 2.29. The van der Waals surface area contributed by atoms with Crippen molar-refractivity contribution in [2.45, 2.75) is 31.7 Å². The van der Waals surface area contributed by atoms with Gasteiger partial charge >= 0.3 is 0 Å². The van der Waals surface area contributed by atoms with Gasteiger partial charge < -0.3 is 9.80 Å². The van der Waals surface area contributed by atoms with Crippen molar-refractivity contribution in [2.24, 2.45) is 5.92 Å². The summed E-state index contributed by atoms with van der Waals surface area (Å²) in [7, 11) is 6.16. The lowest BCUT2D eigenvalue weighted by Gasteiger charge is -2.42. The molecule has 1 saturated carbocycles. The first kappa shape index (κ1) is 11.6. The summed E-state index contributed by atoms with van der Waals surface area (Å²) in [5.74, 6) is 0.968. The van der Waals surface area contributed by atoms with Crippen LogP contribution in [0.5, 0.6) is 0 Å². The van der Waals surface area contributed by atoms with Gasteiger partial charge in [-0.25, -0.2) is 0 Å². The molecule has 3 nitrogen and oxygen atoms in total. The van der Waals surface area contributed by atoms with Crippen LogP contribution in [-0.2, 0) is 4.79 Å². The highest BCUT2D eigenvalue weighted by molar-refractivity contribution is 5.96. The van der Waals surface area contributed by atoms with E-state index in [1.165, 1.54) is 19.4 Å². The molecule has 0 bridgehead atoms. The number of piperidine rings is 1. The Hall–Kier alpha value is -0.830. The Morgan fingerprint density at radius 2 is 2.12 bits per heavy atom. The summed E-state index contributed by atoms with van der Waals surface area (Å²) >= 11 is 0. The molecule has 0 unspecified atom stereocenters. The van der Waals surface area contributed by atoms with Gasteiger partial charge in [-0.1, -0.05) is 0 Å². The van der Waals surface area contributed by atoms with Crippen LogP contribution in [0.4, 0.5) is 0 Å². The van der Waals surface area contributed by atoms with E-state index in [4.69, 9.17) is 0 Å². The first-order chi connectivity index (χ1) is 7.58. The van der Waals surface area contributed by atoms with Crippen molar-refractivity contribution < 1.29 is 4.79 Å². The maximum absolute atomic E-state index is 12.0. The van der Waals surface area contributed by atoms with Crippen molar-refractivity contribution in [3.05, 3.63) is 11.8 Å². The van der Waals surface area contributed by atoms with Gasteiger partial charge in [0.15, 0.2) is 5.78 Å². The Bertz CT molecular complexity index is 309. The molecular formula is C13H22N2O. The molecule has 1 aliphatic carbocycles. The Kier molecular flexibility index (Phi) is 3.33. The second-order valence-electron chi connectivity index (χ2n) is 5.40. The minimum atomic E-state index is 0.366. The molecule has 16 heavy (non-hydrogen) atoms. The van der Waals surface area contributed by atoms with Crippen LogP contribution in [0.2, 0.25) is 0 Å². The number of hydrogen-bond acceptors (Lipinski definition) is 3. The van der Waals surface area contributed by atoms with Gasteiger partial charge in [-0.2, -0.15) is 0 Å². The number of likely N-dealkylation sites (tertiary alicyclic amines) is 1. The SMILES string of the molecule is CN(C)/C=C1\C[C@H]2[C@@H](CCCN2C)CC1=O. The minimum Gasteiger partial charge on any atom is -0.383 e. The molecule has 2 fully saturated rings. The predicted octanol–water partition coefficient (Wildman–Crippen LogP) is 1.51. The largest absolute Gasteiger partial charge is 0.383 e. The van der Waals surface area contributed by atoms with Gasteiger partial charge in [0, 0.05) is 38.3 Å². The van der Waals surface area contributed by atoms with Crippen molar-refractivity contribution in [1.29, 1.82) is 0 Å². The standard InChI is InChI=1S/C13H22N2O/c1-14(2)9-11-7-12-10(8-13(11)16)5-4-6-15(12)3/h9-10,12H,4-8H2,1-3H3/b11-9+/t10-,12-/m0/s1. The average Bonchev–Trinajstić information content (AvgIpc) is 2.20. The van der Waals surface area contributed by atoms with Crippen LogP contribution in [0.3, 0.4) is 0 Å². The minimum absolute atomic E-state index is 0.366. The number of carbonyl (C=O) groups excluding carboxylic acids is 1. The third-order valence-electron chi connectivity index (χ3n) is 3.84. The summed E-state index contributed by atoms with van der Waals surface area (Å²) in [5.41, 5.74) is 1.01. The number of carbonyl (C=O) groups is 1. The number of hydrogen-bond donors (Lipinski definition) is 0. The van der Waals surface area contributed by atoms with Gasteiger partial charge in [-0.05, 0) is 38.8 Å². The smallest absolute Gasteiger partial charge is 0.160 e. The van der Waals surface area contributed by atoms with E-state index in [0.29, 0.717) is 17.7 Å². The second-order valence-corrected chi connectivity index (χ2v) is 5.40. The normalized spacial score (nSPS) is 33.9. The molecule has 90 valence electrons. The summed E-state index contributed by atoms with van der Waals surface area (Å²) < 4.78 is 0. The lowest BCUT2D eigenvalue weighted by Crippen LogP contribution is -2.46. The van der Waals surface area contributed by atoms with Gasteiger partial charge in [-0.3, -0.25) is 4.79 Å². The Morgan fingerprint density at radius 3 is 2.81 bits per heavy atom. The van der Waals surface area contributed by atoms with E-state index in [2.05, 4.69) is 11.9 Å². The molecule has 0 aromatic carbocycles. The number of ketones is 1. The van der Waals surface area contributed by atoms with Gasteiger partial charge in [0.1, 0.15) is 0 Å². The van der Waals surface area contributed by atoms with E-state index in [1.807, 2.05) is 25.2 Å². The van der Waals surface area contributed by atoms with Crippen LogP contribution in [-0.4, -0.2) is 49.3 Å². The van der Waals surface area contributed by atoms with E-state index in [1.54, 1.807) is 0 Å². The van der Waals surface area contributed by atoms with Gasteiger partial charge in [0.05, 0.1) is 0 Å². The quantitative estimate of drug-likeness (QED) is 0.628. The summed E-state index contributed by atoms with van der Waals surface area (Å²) in [6, 6.07) is 0.595. The number of rotatable bonds is 1. The van der Waals surface area contributed by atoms with E-state index in [0.717, 1.165) is 18.4 Å². The highest BCUT2D eigenvalue weighted by Gasteiger charge is 2.36. The van der Waals surface area contributed by atoms with Gasteiger partial charge in [-0.15, -0.1) is 0 Å². The average molecular weight is 222 g/mol. The molecule has 1 aliphatic heterocycles. The monoisotopic (exact) mass is 222 g/mol. The maximum atomic E-state index is 12.0. The maximum Gasteiger partial charge on any atom is 0.160 e. The number of nitrogens with zero attached hydrogens (tertiary/aromatic N) is 2. The molecule has 0 spiro atoms. The zero-order valence-corrected chi connectivity index (χ0v) is 10.6. The van der Waals surface area contributed by atoms with Crippen molar-refractivity contribution in [3.63, 3.8) is 0 Å². The zero-order valence-electron chi connectivity index (χ0n) is 10.6. The van der Waals surface area contributed by atoms with Gasteiger partial charge in [0.25, 0.3) is 0 Å². The molecule has 0 N–H and O–H groups in total. The highest BCUT2D eigenvalue weighted by atomic mass is 16.1. The summed E-state index contributed by atoms with van der Waals surface area (Å²) in [6.07, 6.45) is 6.18. The Balaban J connectivity index is 2.13. The molecule has 0 aromatic rings. The lowest BCUT2D eigenvalue weighted by molar-refractivity contribution is -0.119. The molecule has 0 amide bonds. The fraction of sp³-hybridized carbons (Fsp3) is 0.769. The molecule has 1 saturated heterocycles. The van der Waals surface area contributed by atoms with Crippen LogP contribution in [0.1, 0.15) is 25.7 Å². The highest BCUT2D eigenvalue weighted by Crippen LogP contribution is 2.35. The van der Waals surface area contributed by atoms with Crippen LogP contribution >= 0.6 is 0 Å². The Morgan fingerprint density at radius 1 is 1.38 bits per heavy atom. The molecule has 0 aromatic heterocycles. The van der Waals surface area contributed by atoms with Crippen LogP contribution in [0.25, 0.3) is 0 Å². The summed E-state index contributed by atoms with van der Waals surface area (Å²) in [5, 5.41) is 0. The molecule has 0 radical (unpaired) electrons. The molecule has 3 heteroatoms. The van der Waals surface area contributed by atoms with Gasteiger partial charge in [0.2, 0.25) is 0 Å². The lowest BCUT2D eigenvalue weighted by atomic mass is 9.76. The molecular weight excluding hydrogens is 200 g/mol. The fourth-order valence-corrected chi connectivity index (χ4v) is 3.03. The fourth-order valence-electron chi connectivity index (χ4n) is 3.03. The third-order valence-corrected chi connectivity index (χ3v) is 3.84. The first-order valence-corrected chi connectivity index (χ1v) is 6.18. The van der Waals surface area contributed by atoms with Crippen LogP contribution in [0.15, 0.2) is 11.8 Å². The van der Waals surface area contributed by atoms with E-state index in [9.17, 15) is 4.79 Å². The predicted molar refractivity (Wildman–Crippen MR) is 65.2 cm³/mol. The van der Waals surface area contributed by atoms with Crippen molar-refractivity contribution >= 4 is 5.78 Å². The molecule has 2 aliphatic rings. The summed E-state index contributed by atoms with van der Waals surface area (Å²) in [6.45, 7) is 1.19. The number of fused-ring (bicyclic) bond motifs is 1. The van der Waals surface area contributed by atoms with E-state index < -0.39 is 0 Å². The topological polar surface area (TPSA) is 23.6 Å². The van der Waals surface area contributed by atoms with Crippen molar-refractivity contribution in [1.82, 2.24) is 9.80 Å². The molecule has 2 rings (SSSR count). The second kappa shape index (κ2) is 4.58. The molecule has 2 atom stereocenters. The number of Topliss-reactive ketones (excluding diaryl/α,β-unsaturated/α-hetero) is 1. The van der Waals surface area contributed by atoms with E-state index in [-0.39, 0.29) is 0 Å². The van der Waals surface area contributed by atoms with Crippen LogP contribution < -0.4 is 0 Å². The zero-order chi connectivity index (χ0) is 11.7. The van der Waals surface area contributed by atoms with E-state index >= 15 is 0 Å². The first-order valence-electron chi connectivity index (χ1n) is 6.18. The van der Waals surface area contributed by atoms with Crippen molar-refractivity contribution in [3.8, 4) is 0 Å². The van der Waals surface area contributed by atoms with Crippen LogP contribution in [0, 0.1) is 5.92 Å². The summed E-state index contributed by atoms with van der Waals surface area (Å²) in [4.78, 5) is 16.4. The molecule has 1 heterocycles. The Labute approximate surface area is 98.1 Å². The van der Waals surface area contributed by atoms with Crippen molar-refractivity contribution in [2.75, 3.05) is 27.7 Å².